The van der Waals surface area contributed by atoms with Crippen molar-refractivity contribution in [2.45, 2.75) is 13.1 Å². The Kier molecular flexibility index (Phi) is 6.10. The molecule has 0 spiro atoms. The molecule has 8 nitrogen and oxygen atoms in total. The van der Waals surface area contributed by atoms with E-state index >= 15 is 0 Å². The van der Waals surface area contributed by atoms with Crippen LogP contribution in [0, 0.1) is 24.2 Å². The molecular weight excluding hydrogens is 382 g/mol. The molecule has 0 bridgehead atoms. The topological polar surface area (TPSA) is 74.3 Å². The first-order valence-electron chi connectivity index (χ1n) is 9.31. The van der Waals surface area contributed by atoms with Crippen LogP contribution in [0.3, 0.4) is 0 Å². The number of ether oxygens (including phenoxy) is 1. The minimum atomic E-state index is -0.474. The molecular formula is C22H23N5O3. The third kappa shape index (κ3) is 4.00. The summed E-state index contributed by atoms with van der Waals surface area (Å²) in [6.07, 6.45) is 5.37. The van der Waals surface area contributed by atoms with Crippen molar-refractivity contribution in [3.63, 3.8) is 0 Å². The first-order valence-corrected chi connectivity index (χ1v) is 9.31. The molecule has 3 rings (SSSR count). The zero-order valence-corrected chi connectivity index (χ0v) is 17.5. The van der Waals surface area contributed by atoms with Gasteiger partial charge in [0.2, 0.25) is 0 Å². The molecule has 0 saturated heterocycles. The van der Waals surface area contributed by atoms with Gasteiger partial charge in [0.25, 0.3) is 5.56 Å². The first kappa shape index (κ1) is 21.0. The van der Waals surface area contributed by atoms with Gasteiger partial charge in [0.1, 0.15) is 5.75 Å². The lowest BCUT2D eigenvalue weighted by Crippen LogP contribution is -2.41. The van der Waals surface area contributed by atoms with E-state index in [1.54, 1.807) is 18.7 Å². The van der Waals surface area contributed by atoms with Gasteiger partial charge in [-0.25, -0.2) is 14.3 Å². The second kappa shape index (κ2) is 8.73. The fourth-order valence-electron chi connectivity index (χ4n) is 3.04. The lowest BCUT2D eigenvalue weighted by molar-refractivity contribution is 0.379. The fourth-order valence-corrected chi connectivity index (χ4v) is 3.04. The Morgan fingerprint density at radius 2 is 1.97 bits per heavy atom. The van der Waals surface area contributed by atoms with E-state index in [2.05, 4.69) is 22.7 Å². The molecule has 0 saturated carbocycles. The maximum absolute atomic E-state index is 12.9. The predicted octanol–water partition coefficient (Wildman–Crippen LogP) is 0.500. The van der Waals surface area contributed by atoms with Crippen LogP contribution >= 0.6 is 0 Å². The third-order valence-electron chi connectivity index (χ3n) is 4.65. The summed E-state index contributed by atoms with van der Waals surface area (Å²) in [4.78, 5) is 32.3. The van der Waals surface area contributed by atoms with Crippen molar-refractivity contribution < 1.29 is 4.74 Å². The van der Waals surface area contributed by atoms with E-state index in [4.69, 9.17) is 11.2 Å². The third-order valence-corrected chi connectivity index (χ3v) is 4.65. The van der Waals surface area contributed by atoms with Crippen LogP contribution < -0.4 is 16.0 Å². The number of aryl methyl sites for hydroxylation is 1. The van der Waals surface area contributed by atoms with E-state index in [9.17, 15) is 9.59 Å². The van der Waals surface area contributed by atoms with Crippen LogP contribution in [0.15, 0.2) is 33.9 Å². The van der Waals surface area contributed by atoms with Crippen molar-refractivity contribution in [2.24, 2.45) is 7.05 Å². The van der Waals surface area contributed by atoms with Crippen LogP contribution in [-0.4, -0.2) is 51.3 Å². The molecule has 0 unspecified atom stereocenters. The zero-order valence-electron chi connectivity index (χ0n) is 17.5. The molecule has 1 aromatic carbocycles. The highest BCUT2D eigenvalue weighted by Crippen LogP contribution is 2.13. The minimum Gasteiger partial charge on any atom is -0.497 e. The highest BCUT2D eigenvalue weighted by Gasteiger charge is 2.19. The molecule has 0 radical (unpaired) electrons. The molecule has 2 aromatic heterocycles. The second-order valence-corrected chi connectivity index (χ2v) is 6.98. The Hall–Kier alpha value is -3.75. The van der Waals surface area contributed by atoms with Gasteiger partial charge in [-0.1, -0.05) is 17.9 Å². The molecule has 30 heavy (non-hydrogen) atoms. The summed E-state index contributed by atoms with van der Waals surface area (Å²) < 4.78 is 9.35. The van der Waals surface area contributed by atoms with Crippen LogP contribution in [-0.2, 0) is 20.1 Å². The summed E-state index contributed by atoms with van der Waals surface area (Å²) in [5.41, 5.74) is 0.392. The lowest BCUT2D eigenvalue weighted by atomic mass is 10.2. The van der Waals surface area contributed by atoms with Crippen molar-refractivity contribution in [3.8, 4) is 29.9 Å². The number of likely N-dealkylation sites (N-methyl/N-ethyl adjacent to an activating group) is 1. The molecule has 8 heteroatoms. The maximum Gasteiger partial charge on any atom is 0.333 e. The Morgan fingerprint density at radius 1 is 1.20 bits per heavy atom. The van der Waals surface area contributed by atoms with E-state index in [1.807, 2.05) is 43.3 Å². The number of fused-ring (bicyclic) bond motifs is 1. The van der Waals surface area contributed by atoms with Gasteiger partial charge in [-0.2, -0.15) is 0 Å². The van der Waals surface area contributed by atoms with Gasteiger partial charge in [0.15, 0.2) is 17.0 Å². The summed E-state index contributed by atoms with van der Waals surface area (Å²) in [5, 5.41) is 0. The highest BCUT2D eigenvalue weighted by atomic mass is 16.5. The number of hydrogen-bond donors (Lipinski definition) is 0. The largest absolute Gasteiger partial charge is 0.497 e. The second-order valence-electron chi connectivity index (χ2n) is 6.98. The quantitative estimate of drug-likeness (QED) is 0.578. The molecule has 0 atom stereocenters. The van der Waals surface area contributed by atoms with Gasteiger partial charge in [-0.05, 0) is 38.2 Å². The van der Waals surface area contributed by atoms with Crippen molar-refractivity contribution in [2.75, 3.05) is 27.7 Å². The Morgan fingerprint density at radius 3 is 2.63 bits per heavy atom. The summed E-state index contributed by atoms with van der Waals surface area (Å²) in [6.45, 7) is 0.864. The van der Waals surface area contributed by atoms with Gasteiger partial charge < -0.3 is 14.2 Å². The number of hydrogen-bond acceptors (Lipinski definition) is 5. The van der Waals surface area contributed by atoms with Crippen LogP contribution in [0.2, 0.25) is 0 Å². The fraction of sp³-hybridized carbons (Fsp3) is 0.318. The molecule has 0 aliphatic heterocycles. The van der Waals surface area contributed by atoms with Crippen LogP contribution in [0.1, 0.15) is 11.4 Å². The van der Waals surface area contributed by atoms with Gasteiger partial charge in [-0.3, -0.25) is 9.36 Å². The monoisotopic (exact) mass is 405 g/mol. The molecule has 2 heterocycles. The predicted molar refractivity (Wildman–Crippen MR) is 116 cm³/mol. The number of methoxy groups -OCH3 is 1. The highest BCUT2D eigenvalue weighted by molar-refractivity contribution is 5.72. The molecule has 154 valence electrons. The summed E-state index contributed by atoms with van der Waals surface area (Å²) in [7, 11) is 7.10. The Labute approximate surface area is 174 Å². The summed E-state index contributed by atoms with van der Waals surface area (Å²) >= 11 is 0. The van der Waals surface area contributed by atoms with E-state index < -0.39 is 11.2 Å². The standard InChI is InChI=1S/C22H23N5O3/c1-6-12-27-21(28)19-20(26(22(27)29)14-13-24(2)3)23-18(25(19)4)11-10-16-8-7-9-17(15-16)30-5/h1,7-9,15H,12-14H2,2-5H3. The Balaban J connectivity index is 2.21. The van der Waals surface area contributed by atoms with E-state index in [0.717, 1.165) is 10.1 Å². The zero-order chi connectivity index (χ0) is 21.8. The van der Waals surface area contributed by atoms with Gasteiger partial charge in [-0.15, -0.1) is 6.42 Å². The average Bonchev–Trinajstić information content (AvgIpc) is 3.05. The summed E-state index contributed by atoms with van der Waals surface area (Å²) in [6, 6.07) is 7.33. The van der Waals surface area contributed by atoms with Crippen LogP contribution in [0.5, 0.6) is 5.75 Å². The number of aromatic nitrogens is 4. The average molecular weight is 405 g/mol. The van der Waals surface area contributed by atoms with Gasteiger partial charge in [0.05, 0.1) is 13.7 Å². The number of rotatable bonds is 5. The molecule has 0 N–H and O–H groups in total. The molecule has 0 fully saturated rings. The van der Waals surface area contributed by atoms with Crippen LogP contribution in [0.25, 0.3) is 11.2 Å². The van der Waals surface area contributed by atoms with Gasteiger partial charge in [0, 0.05) is 25.7 Å². The number of imidazole rings is 1. The molecule has 0 aliphatic carbocycles. The van der Waals surface area contributed by atoms with E-state index in [1.165, 1.54) is 4.57 Å². The van der Waals surface area contributed by atoms with Crippen molar-refractivity contribution in [1.29, 1.82) is 0 Å². The maximum atomic E-state index is 12.9. The van der Waals surface area contributed by atoms with Crippen LogP contribution in [0.4, 0.5) is 0 Å². The molecule has 0 aliphatic rings. The van der Waals surface area contributed by atoms with Gasteiger partial charge >= 0.3 is 5.69 Å². The Bertz CT molecular complexity index is 1310. The van der Waals surface area contributed by atoms with Crippen molar-refractivity contribution >= 4 is 11.2 Å². The summed E-state index contributed by atoms with van der Waals surface area (Å²) in [5.74, 6) is 9.47. The SMILES string of the molecule is C#CCn1c(=O)c2c(nc(C#Cc3cccc(OC)c3)n2C)n(CCN(C)C)c1=O. The minimum absolute atomic E-state index is 0.106. The molecule has 3 aromatic rings. The lowest BCUT2D eigenvalue weighted by Gasteiger charge is -2.13. The first-order chi connectivity index (χ1) is 14.4. The van der Waals surface area contributed by atoms with Crippen molar-refractivity contribution in [3.05, 3.63) is 56.5 Å². The number of benzene rings is 1. The smallest absolute Gasteiger partial charge is 0.333 e. The van der Waals surface area contributed by atoms with Crippen molar-refractivity contribution in [1.82, 2.24) is 23.6 Å². The normalized spacial score (nSPS) is 10.7. The molecule has 0 amide bonds. The van der Waals surface area contributed by atoms with E-state index in [0.29, 0.717) is 35.8 Å². The van der Waals surface area contributed by atoms with E-state index in [-0.39, 0.29) is 6.54 Å². The number of nitrogens with zero attached hydrogens (tertiary/aromatic N) is 5. The number of terminal acetylenes is 1.